The Morgan fingerprint density at radius 2 is 2.00 bits per heavy atom. The number of ether oxygens (including phenoxy) is 1. The van der Waals surface area contributed by atoms with Crippen LogP contribution in [0.5, 0.6) is 0 Å². The van der Waals surface area contributed by atoms with E-state index in [2.05, 4.69) is 5.32 Å². The molecule has 2 nitrogen and oxygen atoms in total. The van der Waals surface area contributed by atoms with E-state index in [-0.39, 0.29) is 6.04 Å². The first kappa shape index (κ1) is 11.7. The van der Waals surface area contributed by atoms with Gasteiger partial charge in [-0.25, -0.2) is 0 Å². The summed E-state index contributed by atoms with van der Waals surface area (Å²) in [5.41, 5.74) is 0. The van der Waals surface area contributed by atoms with Gasteiger partial charge in [-0.05, 0) is 6.42 Å². The third kappa shape index (κ3) is 6.42. The molecule has 12 heavy (non-hydrogen) atoms. The van der Waals surface area contributed by atoms with Crippen LogP contribution in [-0.2, 0) is 4.74 Å². The van der Waals surface area contributed by atoms with Gasteiger partial charge in [-0.3, -0.25) is 0 Å². The quantitative estimate of drug-likeness (QED) is 0.701. The maximum atomic E-state index is 11.7. The highest BCUT2D eigenvalue weighted by molar-refractivity contribution is 4.66. The Morgan fingerprint density at radius 1 is 1.42 bits per heavy atom. The lowest BCUT2D eigenvalue weighted by Crippen LogP contribution is -2.39. The van der Waals surface area contributed by atoms with Gasteiger partial charge in [0.15, 0.2) is 0 Å². The van der Waals surface area contributed by atoms with Gasteiger partial charge in [0.1, 0.15) is 0 Å². The van der Waals surface area contributed by atoms with E-state index < -0.39 is 12.7 Å². The standard InChI is InChI=1S/C7H14F3NO/c1-3-6(4-12-2)11-5-7(8,9)10/h6,11H,3-5H2,1-2H3. The van der Waals surface area contributed by atoms with Gasteiger partial charge in [0.2, 0.25) is 0 Å². The zero-order chi connectivity index (χ0) is 9.61. The van der Waals surface area contributed by atoms with Crippen molar-refractivity contribution >= 4 is 0 Å². The molecule has 0 bridgehead atoms. The van der Waals surface area contributed by atoms with Crippen LogP contribution in [0.25, 0.3) is 0 Å². The molecule has 0 aromatic heterocycles. The fourth-order valence-electron chi connectivity index (χ4n) is 0.782. The number of nitrogens with one attached hydrogen (secondary N) is 1. The van der Waals surface area contributed by atoms with Crippen LogP contribution in [0.1, 0.15) is 13.3 Å². The molecule has 1 N–H and O–H groups in total. The van der Waals surface area contributed by atoms with Crippen molar-refractivity contribution in [3.8, 4) is 0 Å². The van der Waals surface area contributed by atoms with E-state index in [1.54, 1.807) is 0 Å². The normalized spacial score (nSPS) is 14.8. The Kier molecular flexibility index (Phi) is 5.24. The van der Waals surface area contributed by atoms with Crippen LogP contribution in [0.3, 0.4) is 0 Å². The number of methoxy groups -OCH3 is 1. The number of hydrogen-bond acceptors (Lipinski definition) is 2. The van der Waals surface area contributed by atoms with Gasteiger partial charge in [-0.2, -0.15) is 13.2 Å². The van der Waals surface area contributed by atoms with Gasteiger partial charge >= 0.3 is 6.18 Å². The summed E-state index contributed by atoms with van der Waals surface area (Å²) in [5, 5.41) is 2.36. The molecule has 74 valence electrons. The Morgan fingerprint density at radius 3 is 2.33 bits per heavy atom. The fourth-order valence-corrected chi connectivity index (χ4v) is 0.782. The van der Waals surface area contributed by atoms with E-state index in [9.17, 15) is 13.2 Å². The summed E-state index contributed by atoms with van der Waals surface area (Å²) < 4.78 is 39.8. The molecule has 0 rings (SSSR count). The third-order valence-corrected chi connectivity index (χ3v) is 1.45. The lowest BCUT2D eigenvalue weighted by atomic mass is 10.2. The summed E-state index contributed by atoms with van der Waals surface area (Å²) in [5.74, 6) is 0. The zero-order valence-electron chi connectivity index (χ0n) is 7.24. The molecule has 0 aromatic carbocycles. The van der Waals surface area contributed by atoms with Crippen molar-refractivity contribution in [2.24, 2.45) is 0 Å². The topological polar surface area (TPSA) is 21.3 Å². The monoisotopic (exact) mass is 185 g/mol. The van der Waals surface area contributed by atoms with Gasteiger partial charge in [-0.1, -0.05) is 6.92 Å². The number of hydrogen-bond donors (Lipinski definition) is 1. The smallest absolute Gasteiger partial charge is 0.383 e. The third-order valence-electron chi connectivity index (χ3n) is 1.45. The van der Waals surface area contributed by atoms with E-state index in [0.717, 1.165) is 0 Å². The first-order valence-electron chi connectivity index (χ1n) is 3.78. The summed E-state index contributed by atoms with van der Waals surface area (Å²) in [6.07, 6.45) is -3.51. The average Bonchev–Trinajstić information content (AvgIpc) is 1.96. The molecule has 0 heterocycles. The first-order valence-corrected chi connectivity index (χ1v) is 3.78. The van der Waals surface area contributed by atoms with Crippen molar-refractivity contribution in [2.45, 2.75) is 25.6 Å². The van der Waals surface area contributed by atoms with E-state index in [0.29, 0.717) is 13.0 Å². The lowest BCUT2D eigenvalue weighted by molar-refractivity contribution is -0.126. The highest BCUT2D eigenvalue weighted by Gasteiger charge is 2.27. The van der Waals surface area contributed by atoms with Crippen molar-refractivity contribution < 1.29 is 17.9 Å². The maximum Gasteiger partial charge on any atom is 0.401 e. The van der Waals surface area contributed by atoms with Crippen LogP contribution >= 0.6 is 0 Å². The number of halogens is 3. The molecule has 0 aliphatic carbocycles. The molecule has 1 atom stereocenters. The summed E-state index contributed by atoms with van der Waals surface area (Å²) in [6.45, 7) is 1.18. The molecule has 0 aliphatic heterocycles. The van der Waals surface area contributed by atoms with E-state index >= 15 is 0 Å². The van der Waals surface area contributed by atoms with Crippen molar-refractivity contribution in [1.29, 1.82) is 0 Å². The second-order valence-corrected chi connectivity index (χ2v) is 2.56. The minimum absolute atomic E-state index is 0.211. The molecule has 0 aliphatic rings. The van der Waals surface area contributed by atoms with Crippen molar-refractivity contribution in [2.75, 3.05) is 20.3 Å². The van der Waals surface area contributed by atoms with Crippen molar-refractivity contribution in [1.82, 2.24) is 5.32 Å². The predicted octanol–water partition coefficient (Wildman–Crippen LogP) is 1.56. The summed E-state index contributed by atoms with van der Waals surface area (Å²) in [4.78, 5) is 0. The predicted molar refractivity (Wildman–Crippen MR) is 40.0 cm³/mol. The molecule has 0 aromatic rings. The molecule has 0 saturated heterocycles. The Hall–Kier alpha value is -0.290. The molecule has 1 unspecified atom stereocenters. The maximum absolute atomic E-state index is 11.7. The average molecular weight is 185 g/mol. The molecule has 5 heteroatoms. The Balaban J connectivity index is 3.58. The molecular formula is C7H14F3NO. The SMILES string of the molecule is CCC(COC)NCC(F)(F)F. The minimum Gasteiger partial charge on any atom is -0.383 e. The van der Waals surface area contributed by atoms with Crippen LogP contribution in [-0.4, -0.2) is 32.5 Å². The van der Waals surface area contributed by atoms with E-state index in [4.69, 9.17) is 4.74 Å². The highest BCUT2D eigenvalue weighted by Crippen LogP contribution is 2.12. The Labute approximate surface area is 70.1 Å². The van der Waals surface area contributed by atoms with Crippen molar-refractivity contribution in [3.63, 3.8) is 0 Å². The molecule has 0 fully saturated rings. The molecular weight excluding hydrogens is 171 g/mol. The molecule has 0 radical (unpaired) electrons. The van der Waals surface area contributed by atoms with Gasteiger partial charge in [-0.15, -0.1) is 0 Å². The van der Waals surface area contributed by atoms with Gasteiger partial charge in [0.05, 0.1) is 13.2 Å². The van der Waals surface area contributed by atoms with Crippen LogP contribution in [0.4, 0.5) is 13.2 Å². The van der Waals surface area contributed by atoms with Crippen LogP contribution in [0, 0.1) is 0 Å². The summed E-state index contributed by atoms with van der Waals surface area (Å²) in [7, 11) is 1.47. The Bertz CT molecular complexity index is 116. The van der Waals surface area contributed by atoms with Gasteiger partial charge in [0, 0.05) is 13.2 Å². The second-order valence-electron chi connectivity index (χ2n) is 2.56. The summed E-state index contributed by atoms with van der Waals surface area (Å²) >= 11 is 0. The van der Waals surface area contributed by atoms with E-state index in [1.807, 2.05) is 6.92 Å². The highest BCUT2D eigenvalue weighted by atomic mass is 19.4. The number of alkyl halides is 3. The van der Waals surface area contributed by atoms with Crippen LogP contribution in [0.15, 0.2) is 0 Å². The fraction of sp³-hybridized carbons (Fsp3) is 1.00. The molecule has 0 spiro atoms. The summed E-state index contributed by atoms with van der Waals surface area (Å²) in [6, 6.07) is -0.211. The largest absolute Gasteiger partial charge is 0.401 e. The molecule has 0 amide bonds. The molecule has 0 saturated carbocycles. The minimum atomic E-state index is -4.14. The van der Waals surface area contributed by atoms with Crippen LogP contribution in [0.2, 0.25) is 0 Å². The second kappa shape index (κ2) is 5.37. The zero-order valence-corrected chi connectivity index (χ0v) is 7.24. The van der Waals surface area contributed by atoms with Crippen molar-refractivity contribution in [3.05, 3.63) is 0 Å². The van der Waals surface area contributed by atoms with Crippen LogP contribution < -0.4 is 5.32 Å². The number of rotatable bonds is 5. The van der Waals surface area contributed by atoms with Gasteiger partial charge < -0.3 is 10.1 Å². The van der Waals surface area contributed by atoms with E-state index in [1.165, 1.54) is 7.11 Å². The lowest BCUT2D eigenvalue weighted by Gasteiger charge is -2.16. The first-order chi connectivity index (χ1) is 5.49. The van der Waals surface area contributed by atoms with Gasteiger partial charge in [0.25, 0.3) is 0 Å².